The zero-order chi connectivity index (χ0) is 19.4. The number of aromatic nitrogens is 2. The third-order valence-electron chi connectivity index (χ3n) is 3.93. The molecule has 7 nitrogen and oxygen atoms in total. The summed E-state index contributed by atoms with van der Waals surface area (Å²) in [5, 5.41) is 17.8. The summed E-state index contributed by atoms with van der Waals surface area (Å²) in [5.41, 5.74) is -0.243. The Balaban J connectivity index is 1.84. The van der Waals surface area contributed by atoms with Crippen molar-refractivity contribution in [2.45, 2.75) is 12.6 Å². The Morgan fingerprint density at radius 3 is 2.70 bits per heavy atom. The molecule has 1 aromatic heterocycles. The molecule has 0 aliphatic heterocycles. The third kappa shape index (κ3) is 4.35. The van der Waals surface area contributed by atoms with Crippen molar-refractivity contribution in [2.75, 3.05) is 13.7 Å². The van der Waals surface area contributed by atoms with Gasteiger partial charge in [0.25, 0.3) is 11.5 Å². The third-order valence-corrected chi connectivity index (χ3v) is 4.43. The molecule has 1 amide bonds. The molecule has 0 aliphatic rings. The number of nitrogens with one attached hydrogen (secondary N) is 1. The molecule has 2 aromatic carbocycles. The minimum absolute atomic E-state index is 0.0211. The molecule has 2 N–H and O–H groups in total. The van der Waals surface area contributed by atoms with Crippen LogP contribution in [-0.4, -0.2) is 40.6 Å². The van der Waals surface area contributed by atoms with Crippen molar-refractivity contribution in [1.29, 1.82) is 0 Å². The number of carbonyl (C=O) groups excluding carboxylic acids is 1. The van der Waals surface area contributed by atoms with Crippen LogP contribution in [0, 0.1) is 0 Å². The van der Waals surface area contributed by atoms with Gasteiger partial charge in [-0.05, 0) is 24.3 Å². The van der Waals surface area contributed by atoms with Gasteiger partial charge in [0.2, 0.25) is 0 Å². The molecule has 1 unspecified atom stereocenters. The Labute approximate surface area is 163 Å². The van der Waals surface area contributed by atoms with Crippen LogP contribution < -0.4 is 15.6 Å². The van der Waals surface area contributed by atoms with Crippen LogP contribution in [0.1, 0.15) is 10.5 Å². The number of benzene rings is 2. The zero-order valence-electron chi connectivity index (χ0n) is 14.6. The van der Waals surface area contributed by atoms with Crippen LogP contribution in [0.25, 0.3) is 10.8 Å². The lowest BCUT2D eigenvalue weighted by atomic mass is 10.1. The first kappa shape index (κ1) is 19.1. The van der Waals surface area contributed by atoms with E-state index in [1.54, 1.807) is 36.4 Å². The van der Waals surface area contributed by atoms with Gasteiger partial charge >= 0.3 is 0 Å². The van der Waals surface area contributed by atoms with E-state index < -0.39 is 12.0 Å². The summed E-state index contributed by atoms with van der Waals surface area (Å²) in [4.78, 5) is 24.8. The van der Waals surface area contributed by atoms with Crippen molar-refractivity contribution in [2.24, 2.45) is 0 Å². The zero-order valence-corrected chi connectivity index (χ0v) is 16.1. The predicted molar refractivity (Wildman–Crippen MR) is 105 cm³/mol. The van der Waals surface area contributed by atoms with E-state index >= 15 is 0 Å². The lowest BCUT2D eigenvalue weighted by molar-refractivity contribution is 0.0866. The molecule has 0 saturated heterocycles. The Morgan fingerprint density at radius 2 is 2.00 bits per heavy atom. The van der Waals surface area contributed by atoms with Crippen LogP contribution in [0.5, 0.6) is 5.75 Å². The van der Waals surface area contributed by atoms with Crippen LogP contribution >= 0.6 is 15.9 Å². The Morgan fingerprint density at radius 1 is 1.26 bits per heavy atom. The largest absolute Gasteiger partial charge is 0.491 e. The monoisotopic (exact) mass is 431 g/mol. The van der Waals surface area contributed by atoms with E-state index in [2.05, 4.69) is 26.3 Å². The van der Waals surface area contributed by atoms with E-state index in [-0.39, 0.29) is 24.4 Å². The fourth-order valence-corrected chi connectivity index (χ4v) is 3.02. The molecule has 0 spiro atoms. The molecule has 0 bridgehead atoms. The average molecular weight is 432 g/mol. The number of aliphatic hydroxyl groups is 1. The van der Waals surface area contributed by atoms with Gasteiger partial charge in [0.05, 0.1) is 11.9 Å². The molecule has 3 rings (SSSR count). The van der Waals surface area contributed by atoms with Crippen molar-refractivity contribution in [3.05, 3.63) is 69.1 Å². The molecule has 1 heterocycles. The maximum atomic E-state index is 12.7. The molecule has 140 valence electrons. The first-order valence-corrected chi connectivity index (χ1v) is 9.07. The maximum absolute atomic E-state index is 12.7. The molecule has 27 heavy (non-hydrogen) atoms. The number of nitrogens with zero attached hydrogens (tertiary/aromatic N) is 2. The highest BCUT2D eigenvalue weighted by atomic mass is 79.9. The van der Waals surface area contributed by atoms with Gasteiger partial charge in [-0.25, -0.2) is 4.68 Å². The minimum Gasteiger partial charge on any atom is -0.491 e. The molecule has 0 fully saturated rings. The topological polar surface area (TPSA) is 93.5 Å². The fourth-order valence-electron chi connectivity index (χ4n) is 2.65. The number of hydrogen-bond acceptors (Lipinski definition) is 5. The predicted octanol–water partition coefficient (Wildman–Crippen LogP) is 1.96. The lowest BCUT2D eigenvalue weighted by Gasteiger charge is -2.15. The van der Waals surface area contributed by atoms with Crippen LogP contribution in [0.15, 0.2) is 57.8 Å². The SMILES string of the molecule is CNC(=O)c1nn(CC(O)COc2cccc(Br)c2)c(=O)c2ccccc12. The second-order valence-electron chi connectivity index (χ2n) is 5.88. The number of halogens is 1. The van der Waals surface area contributed by atoms with Crippen LogP contribution in [0.4, 0.5) is 0 Å². The van der Waals surface area contributed by atoms with Crippen molar-refractivity contribution in [1.82, 2.24) is 15.1 Å². The fraction of sp³-hybridized carbons (Fsp3) is 0.211. The molecule has 0 saturated carbocycles. The normalized spacial score (nSPS) is 12.0. The van der Waals surface area contributed by atoms with Crippen molar-refractivity contribution < 1.29 is 14.6 Å². The summed E-state index contributed by atoms with van der Waals surface area (Å²) in [6.07, 6.45) is -0.979. The summed E-state index contributed by atoms with van der Waals surface area (Å²) in [5.74, 6) is 0.188. The number of hydrogen-bond donors (Lipinski definition) is 2. The highest BCUT2D eigenvalue weighted by molar-refractivity contribution is 9.10. The van der Waals surface area contributed by atoms with E-state index in [0.29, 0.717) is 16.5 Å². The number of carbonyl (C=O) groups is 1. The van der Waals surface area contributed by atoms with Crippen molar-refractivity contribution >= 4 is 32.6 Å². The van der Waals surface area contributed by atoms with E-state index in [1.807, 2.05) is 12.1 Å². The summed E-state index contributed by atoms with van der Waals surface area (Å²) in [6.45, 7) is -0.117. The first-order chi connectivity index (χ1) is 13.0. The summed E-state index contributed by atoms with van der Waals surface area (Å²) in [7, 11) is 1.49. The molecular formula is C19H18BrN3O4. The smallest absolute Gasteiger partial charge is 0.274 e. The molecular weight excluding hydrogens is 414 g/mol. The minimum atomic E-state index is -0.979. The summed E-state index contributed by atoms with van der Waals surface area (Å²) in [6, 6.07) is 14.0. The van der Waals surface area contributed by atoms with E-state index in [1.165, 1.54) is 7.05 Å². The average Bonchev–Trinajstić information content (AvgIpc) is 2.68. The maximum Gasteiger partial charge on any atom is 0.274 e. The molecule has 0 radical (unpaired) electrons. The molecule has 1 atom stereocenters. The highest BCUT2D eigenvalue weighted by Gasteiger charge is 2.17. The summed E-state index contributed by atoms with van der Waals surface area (Å²) >= 11 is 3.35. The van der Waals surface area contributed by atoms with Crippen LogP contribution in [0.2, 0.25) is 0 Å². The van der Waals surface area contributed by atoms with Gasteiger partial charge in [0.1, 0.15) is 18.5 Å². The molecule has 8 heteroatoms. The van der Waals surface area contributed by atoms with Crippen molar-refractivity contribution in [3.8, 4) is 5.75 Å². The highest BCUT2D eigenvalue weighted by Crippen LogP contribution is 2.18. The number of rotatable bonds is 6. The van der Waals surface area contributed by atoms with Gasteiger partial charge in [-0.15, -0.1) is 0 Å². The quantitative estimate of drug-likeness (QED) is 0.621. The summed E-state index contributed by atoms with van der Waals surface area (Å²) < 4.78 is 7.50. The number of amides is 1. The van der Waals surface area contributed by atoms with Crippen LogP contribution in [0.3, 0.4) is 0 Å². The van der Waals surface area contributed by atoms with Gasteiger partial charge in [-0.1, -0.05) is 40.2 Å². The van der Waals surface area contributed by atoms with Gasteiger partial charge in [-0.3, -0.25) is 9.59 Å². The Bertz CT molecular complexity index is 1030. The van der Waals surface area contributed by atoms with Gasteiger partial charge < -0.3 is 15.2 Å². The molecule has 3 aromatic rings. The van der Waals surface area contributed by atoms with Crippen LogP contribution in [-0.2, 0) is 6.54 Å². The Hall–Kier alpha value is -2.71. The van der Waals surface area contributed by atoms with Gasteiger partial charge in [-0.2, -0.15) is 5.10 Å². The van der Waals surface area contributed by atoms with Gasteiger partial charge in [0.15, 0.2) is 5.69 Å². The Kier molecular flexibility index (Phi) is 5.88. The van der Waals surface area contributed by atoms with Crippen molar-refractivity contribution in [3.63, 3.8) is 0 Å². The lowest BCUT2D eigenvalue weighted by Crippen LogP contribution is -2.34. The van der Waals surface area contributed by atoms with E-state index in [9.17, 15) is 14.7 Å². The van der Waals surface area contributed by atoms with Gasteiger partial charge in [0, 0.05) is 16.9 Å². The second kappa shape index (κ2) is 8.32. The van der Waals surface area contributed by atoms with E-state index in [0.717, 1.165) is 9.15 Å². The first-order valence-electron chi connectivity index (χ1n) is 8.28. The number of aliphatic hydroxyl groups excluding tert-OH is 1. The standard InChI is InChI=1S/C19H18BrN3O4/c1-21-18(25)17-15-7-2-3-8-16(15)19(26)23(22-17)10-13(24)11-27-14-6-4-5-12(20)9-14/h2-9,13,24H,10-11H2,1H3,(H,21,25). The second-order valence-corrected chi connectivity index (χ2v) is 6.80. The number of fused-ring (bicyclic) bond motifs is 1. The van der Waals surface area contributed by atoms with E-state index in [4.69, 9.17) is 4.74 Å². The molecule has 0 aliphatic carbocycles. The number of ether oxygens (including phenoxy) is 1.